The minimum absolute atomic E-state index is 0.257. The van der Waals surface area contributed by atoms with Crippen molar-refractivity contribution in [2.45, 2.75) is 57.4 Å². The smallest absolute Gasteiger partial charge is 0.244 e. The van der Waals surface area contributed by atoms with E-state index in [1.807, 2.05) is 41.5 Å². The first kappa shape index (κ1) is 15.2. The summed E-state index contributed by atoms with van der Waals surface area (Å²) in [6.07, 6.45) is 1.55. The Morgan fingerprint density at radius 2 is 1.67 bits per heavy atom. The van der Waals surface area contributed by atoms with E-state index in [0.29, 0.717) is 5.69 Å². The molecule has 0 aromatic carbocycles. The molecule has 6 heteroatoms. The van der Waals surface area contributed by atoms with E-state index in [9.17, 15) is 8.42 Å². The van der Waals surface area contributed by atoms with Gasteiger partial charge in [0.15, 0.2) is 0 Å². The second kappa shape index (κ2) is 4.35. The maximum Gasteiger partial charge on any atom is 0.244 e. The summed E-state index contributed by atoms with van der Waals surface area (Å²) < 4.78 is 28.9. The van der Waals surface area contributed by atoms with Gasteiger partial charge < -0.3 is 0 Å². The lowest BCUT2D eigenvalue weighted by atomic mass is 9.92. The molecule has 0 radical (unpaired) electrons. The number of nitrogens with zero attached hydrogens (tertiary/aromatic N) is 2. The molecule has 0 atom stereocenters. The van der Waals surface area contributed by atoms with Crippen LogP contribution in [0.2, 0.25) is 0 Å². The average Bonchev–Trinajstić information content (AvgIpc) is 2.42. The molecular weight excluding hydrogens is 250 g/mol. The average molecular weight is 273 g/mol. The molecule has 5 nitrogen and oxygen atoms in total. The van der Waals surface area contributed by atoms with Crippen LogP contribution in [0.15, 0.2) is 11.1 Å². The van der Waals surface area contributed by atoms with Crippen LogP contribution >= 0.6 is 0 Å². The fourth-order valence-electron chi connectivity index (χ4n) is 1.64. The van der Waals surface area contributed by atoms with E-state index < -0.39 is 15.6 Å². The molecule has 1 aromatic rings. The van der Waals surface area contributed by atoms with Crippen molar-refractivity contribution in [3.63, 3.8) is 0 Å². The van der Waals surface area contributed by atoms with Crippen molar-refractivity contribution < 1.29 is 8.42 Å². The van der Waals surface area contributed by atoms with Crippen molar-refractivity contribution in [1.29, 1.82) is 0 Å². The highest BCUT2D eigenvalue weighted by atomic mass is 32.2. The Balaban J connectivity index is 3.34. The highest BCUT2D eigenvalue weighted by Gasteiger charge is 2.31. The third-order valence-corrected chi connectivity index (χ3v) is 3.99. The van der Waals surface area contributed by atoms with Gasteiger partial charge in [-0.25, -0.2) is 13.1 Å². The van der Waals surface area contributed by atoms with E-state index in [1.54, 1.807) is 13.2 Å². The minimum atomic E-state index is -3.54. The van der Waals surface area contributed by atoms with Crippen LogP contribution in [0.25, 0.3) is 0 Å². The predicted molar refractivity (Wildman–Crippen MR) is 72.0 cm³/mol. The van der Waals surface area contributed by atoms with Gasteiger partial charge in [0.1, 0.15) is 4.90 Å². The molecular formula is C12H23N3O2S. The zero-order valence-corrected chi connectivity index (χ0v) is 13.0. The maximum absolute atomic E-state index is 12.4. The molecule has 0 saturated heterocycles. The van der Waals surface area contributed by atoms with Crippen molar-refractivity contribution in [3.05, 3.63) is 11.9 Å². The second-order valence-electron chi connectivity index (χ2n) is 6.62. The topological polar surface area (TPSA) is 64.0 Å². The number of aryl methyl sites for hydroxylation is 1. The predicted octanol–water partition coefficient (Wildman–Crippen LogP) is 1.79. The standard InChI is InChI=1S/C12H23N3O2S/c1-11(2,3)10-9(8-15(7)13-10)18(16,17)14-12(4,5)6/h8,14H,1-7H3. The molecule has 1 N–H and O–H groups in total. The molecule has 0 spiro atoms. The van der Waals surface area contributed by atoms with Gasteiger partial charge >= 0.3 is 0 Å². The van der Waals surface area contributed by atoms with Crippen LogP contribution in [-0.4, -0.2) is 23.7 Å². The molecule has 1 aromatic heterocycles. The van der Waals surface area contributed by atoms with Gasteiger partial charge in [0.2, 0.25) is 10.0 Å². The van der Waals surface area contributed by atoms with Gasteiger partial charge in [0.25, 0.3) is 0 Å². The van der Waals surface area contributed by atoms with Gasteiger partial charge in [0.05, 0.1) is 5.69 Å². The number of nitrogens with one attached hydrogen (secondary N) is 1. The van der Waals surface area contributed by atoms with E-state index >= 15 is 0 Å². The van der Waals surface area contributed by atoms with E-state index in [2.05, 4.69) is 9.82 Å². The Morgan fingerprint density at radius 3 is 2.06 bits per heavy atom. The molecule has 0 unspecified atom stereocenters. The molecule has 0 aliphatic heterocycles. The lowest BCUT2D eigenvalue weighted by Crippen LogP contribution is -2.41. The summed E-state index contributed by atoms with van der Waals surface area (Å²) in [6.45, 7) is 11.3. The first-order valence-corrected chi connectivity index (χ1v) is 7.39. The SMILES string of the molecule is Cn1cc(S(=O)(=O)NC(C)(C)C)c(C(C)(C)C)n1. The zero-order valence-electron chi connectivity index (χ0n) is 12.2. The van der Waals surface area contributed by atoms with Crippen LogP contribution in [0.1, 0.15) is 47.2 Å². The summed E-state index contributed by atoms with van der Waals surface area (Å²) in [4.78, 5) is 0.257. The fourth-order valence-corrected chi connectivity index (χ4v) is 3.45. The van der Waals surface area contributed by atoms with Crippen molar-refractivity contribution in [1.82, 2.24) is 14.5 Å². The summed E-state index contributed by atoms with van der Waals surface area (Å²) in [7, 11) is -1.82. The molecule has 1 rings (SSSR count). The van der Waals surface area contributed by atoms with E-state index in [1.165, 1.54) is 4.68 Å². The lowest BCUT2D eigenvalue weighted by Gasteiger charge is -2.22. The Bertz CT molecular complexity index is 531. The van der Waals surface area contributed by atoms with Crippen molar-refractivity contribution in [3.8, 4) is 0 Å². The molecule has 1 heterocycles. The van der Waals surface area contributed by atoms with Crippen molar-refractivity contribution in [2.24, 2.45) is 7.05 Å². The van der Waals surface area contributed by atoms with Crippen LogP contribution in [0.5, 0.6) is 0 Å². The first-order valence-electron chi connectivity index (χ1n) is 5.91. The number of aromatic nitrogens is 2. The molecule has 0 saturated carbocycles. The van der Waals surface area contributed by atoms with Gasteiger partial charge in [-0.1, -0.05) is 20.8 Å². The van der Waals surface area contributed by atoms with E-state index in [-0.39, 0.29) is 10.3 Å². The second-order valence-corrected chi connectivity index (χ2v) is 8.27. The highest BCUT2D eigenvalue weighted by Crippen LogP contribution is 2.27. The number of rotatable bonds is 2. The largest absolute Gasteiger partial charge is 0.274 e. The first-order chi connectivity index (χ1) is 7.83. The van der Waals surface area contributed by atoms with E-state index in [4.69, 9.17) is 0 Å². The number of hydrogen-bond donors (Lipinski definition) is 1. The van der Waals surface area contributed by atoms with Crippen LogP contribution < -0.4 is 4.72 Å². The Hall–Kier alpha value is -0.880. The number of sulfonamides is 1. The normalized spacial score (nSPS) is 13.9. The van der Waals surface area contributed by atoms with Gasteiger partial charge in [-0.2, -0.15) is 5.10 Å². The van der Waals surface area contributed by atoms with Crippen molar-refractivity contribution in [2.75, 3.05) is 0 Å². The van der Waals surface area contributed by atoms with Gasteiger partial charge in [-0.3, -0.25) is 4.68 Å². The highest BCUT2D eigenvalue weighted by molar-refractivity contribution is 7.89. The third kappa shape index (κ3) is 3.55. The summed E-state index contributed by atoms with van der Waals surface area (Å²) >= 11 is 0. The monoisotopic (exact) mass is 273 g/mol. The van der Waals surface area contributed by atoms with Gasteiger partial charge in [0, 0.05) is 24.2 Å². The lowest BCUT2D eigenvalue weighted by molar-refractivity contribution is 0.486. The van der Waals surface area contributed by atoms with Crippen LogP contribution in [0.3, 0.4) is 0 Å². The molecule has 0 aliphatic carbocycles. The Morgan fingerprint density at radius 1 is 1.17 bits per heavy atom. The number of hydrogen-bond acceptors (Lipinski definition) is 3. The molecule has 104 valence electrons. The van der Waals surface area contributed by atoms with Crippen LogP contribution in [0.4, 0.5) is 0 Å². The van der Waals surface area contributed by atoms with Gasteiger partial charge in [-0.05, 0) is 20.8 Å². The zero-order chi connectivity index (χ0) is 14.4. The maximum atomic E-state index is 12.4. The van der Waals surface area contributed by atoms with Crippen LogP contribution in [-0.2, 0) is 22.5 Å². The summed E-state index contributed by atoms with van der Waals surface area (Å²) in [5.74, 6) is 0. The molecule has 0 aliphatic rings. The fraction of sp³-hybridized carbons (Fsp3) is 0.750. The van der Waals surface area contributed by atoms with Crippen LogP contribution in [0, 0.1) is 0 Å². The summed E-state index contributed by atoms with van der Waals surface area (Å²) in [5.41, 5.74) is -0.241. The molecule has 18 heavy (non-hydrogen) atoms. The molecule has 0 fully saturated rings. The molecule has 0 bridgehead atoms. The Labute approximate surface area is 110 Å². The van der Waals surface area contributed by atoms with E-state index in [0.717, 1.165) is 0 Å². The summed E-state index contributed by atoms with van der Waals surface area (Å²) in [5, 5.41) is 4.28. The third-order valence-electron chi connectivity index (χ3n) is 2.24. The minimum Gasteiger partial charge on any atom is -0.274 e. The molecule has 0 amide bonds. The van der Waals surface area contributed by atoms with Gasteiger partial charge in [-0.15, -0.1) is 0 Å². The quantitative estimate of drug-likeness (QED) is 0.893. The summed E-state index contributed by atoms with van der Waals surface area (Å²) in [6, 6.07) is 0. The van der Waals surface area contributed by atoms with Crippen molar-refractivity contribution >= 4 is 10.0 Å². The Kier molecular flexibility index (Phi) is 3.66.